The Morgan fingerprint density at radius 1 is 1.04 bits per heavy atom. The second-order valence-corrected chi connectivity index (χ2v) is 6.01. The van der Waals surface area contributed by atoms with Gasteiger partial charge in [-0.25, -0.2) is 0 Å². The lowest BCUT2D eigenvalue weighted by Gasteiger charge is -2.29. The highest BCUT2D eigenvalue weighted by molar-refractivity contribution is 5.95. The quantitative estimate of drug-likeness (QED) is 0.388. The van der Waals surface area contributed by atoms with Crippen LogP contribution in [0.15, 0.2) is 42.5 Å². The number of allylic oxidation sites excluding steroid dienone is 1. The molecule has 0 amide bonds. The maximum Gasteiger partial charge on any atom is 0.320 e. The van der Waals surface area contributed by atoms with Crippen LogP contribution in [-0.4, -0.2) is 25.2 Å². The summed E-state index contributed by atoms with van der Waals surface area (Å²) < 4.78 is 10.3. The number of benzene rings is 1. The topological polar surface area (TPSA) is 52.6 Å². The molecular formula is C20H28O4. The van der Waals surface area contributed by atoms with E-state index in [0.29, 0.717) is 6.42 Å². The molecule has 0 spiro atoms. The van der Waals surface area contributed by atoms with Crippen LogP contribution in [0.3, 0.4) is 0 Å². The van der Waals surface area contributed by atoms with Gasteiger partial charge in [0.05, 0.1) is 13.2 Å². The summed E-state index contributed by atoms with van der Waals surface area (Å²) >= 11 is 0. The number of hydrogen-bond donors (Lipinski definition) is 0. The second-order valence-electron chi connectivity index (χ2n) is 6.01. The van der Waals surface area contributed by atoms with Crippen LogP contribution in [0.2, 0.25) is 0 Å². The molecule has 0 unspecified atom stereocenters. The monoisotopic (exact) mass is 332 g/mol. The molecule has 24 heavy (non-hydrogen) atoms. The van der Waals surface area contributed by atoms with Gasteiger partial charge in [0, 0.05) is 0 Å². The van der Waals surface area contributed by atoms with Crippen LogP contribution < -0.4 is 0 Å². The van der Waals surface area contributed by atoms with Gasteiger partial charge in [-0.2, -0.15) is 0 Å². The Morgan fingerprint density at radius 3 is 1.96 bits per heavy atom. The molecular weight excluding hydrogens is 304 g/mol. The summed E-state index contributed by atoms with van der Waals surface area (Å²) in [6.07, 6.45) is 0.554. The average Bonchev–Trinajstić information content (AvgIpc) is 2.54. The minimum absolute atomic E-state index is 0.0123. The van der Waals surface area contributed by atoms with Crippen molar-refractivity contribution in [3.8, 4) is 0 Å². The van der Waals surface area contributed by atoms with Gasteiger partial charge in [-0.05, 0) is 44.6 Å². The molecule has 4 heteroatoms. The Kier molecular flexibility index (Phi) is 8.24. The third-order valence-electron chi connectivity index (χ3n) is 4.06. The Morgan fingerprint density at radius 2 is 1.54 bits per heavy atom. The summed E-state index contributed by atoms with van der Waals surface area (Å²) in [5.74, 6) is -2.27. The fraction of sp³-hybridized carbons (Fsp3) is 0.500. The molecule has 0 radical (unpaired) electrons. The fourth-order valence-corrected chi connectivity index (χ4v) is 2.90. The summed E-state index contributed by atoms with van der Waals surface area (Å²) in [5, 5.41) is 0. The van der Waals surface area contributed by atoms with Gasteiger partial charge < -0.3 is 9.47 Å². The van der Waals surface area contributed by atoms with E-state index >= 15 is 0 Å². The van der Waals surface area contributed by atoms with Crippen LogP contribution >= 0.6 is 0 Å². The van der Waals surface area contributed by atoms with Crippen molar-refractivity contribution in [3.05, 3.63) is 48.0 Å². The van der Waals surface area contributed by atoms with Crippen LogP contribution in [-0.2, 0) is 19.1 Å². The molecule has 1 rings (SSSR count). The molecule has 0 aliphatic rings. The lowest BCUT2D eigenvalue weighted by Crippen LogP contribution is -2.37. The molecule has 132 valence electrons. The molecule has 0 saturated heterocycles. The molecule has 0 heterocycles. The summed E-state index contributed by atoms with van der Waals surface area (Å²) in [5.41, 5.74) is 1.99. The molecule has 0 aliphatic carbocycles. The van der Waals surface area contributed by atoms with Crippen molar-refractivity contribution >= 4 is 11.9 Å². The number of hydrogen-bond acceptors (Lipinski definition) is 4. The van der Waals surface area contributed by atoms with Crippen molar-refractivity contribution < 1.29 is 19.1 Å². The van der Waals surface area contributed by atoms with Gasteiger partial charge in [-0.1, -0.05) is 42.8 Å². The summed E-state index contributed by atoms with van der Waals surface area (Å²) in [6, 6.07) is 9.85. The number of carbonyl (C=O) groups is 2. The van der Waals surface area contributed by atoms with Crippen LogP contribution in [0, 0.1) is 11.8 Å². The first kappa shape index (κ1) is 19.9. The van der Waals surface area contributed by atoms with Gasteiger partial charge in [0.15, 0.2) is 5.92 Å². The van der Waals surface area contributed by atoms with E-state index in [4.69, 9.17) is 9.47 Å². The highest BCUT2D eigenvalue weighted by Crippen LogP contribution is 2.36. The van der Waals surface area contributed by atoms with E-state index < -0.39 is 17.9 Å². The third kappa shape index (κ3) is 5.52. The highest BCUT2D eigenvalue weighted by atomic mass is 16.6. The van der Waals surface area contributed by atoms with Crippen LogP contribution in [0.5, 0.6) is 0 Å². The number of esters is 2. The fourth-order valence-electron chi connectivity index (χ4n) is 2.90. The molecule has 0 fully saturated rings. The Labute approximate surface area is 144 Å². The SMILES string of the molecule is C=C(C)C[C@@H](C(C(=O)OCC)C(=O)OCC)[C@H](C)c1ccccc1. The summed E-state index contributed by atoms with van der Waals surface area (Å²) in [7, 11) is 0. The van der Waals surface area contributed by atoms with Crippen LogP contribution in [0.25, 0.3) is 0 Å². The smallest absolute Gasteiger partial charge is 0.320 e. The van der Waals surface area contributed by atoms with Gasteiger partial charge in [-0.15, -0.1) is 6.58 Å². The predicted molar refractivity (Wildman–Crippen MR) is 94.5 cm³/mol. The molecule has 0 aromatic heterocycles. The zero-order chi connectivity index (χ0) is 18.1. The zero-order valence-corrected chi connectivity index (χ0v) is 15.1. The molecule has 1 aromatic rings. The van der Waals surface area contributed by atoms with E-state index in [2.05, 4.69) is 6.58 Å². The third-order valence-corrected chi connectivity index (χ3v) is 4.06. The molecule has 1 aromatic carbocycles. The van der Waals surface area contributed by atoms with Crippen molar-refractivity contribution in [1.29, 1.82) is 0 Å². The Bertz CT molecular complexity index is 532. The first-order chi connectivity index (χ1) is 11.4. The van der Waals surface area contributed by atoms with E-state index in [9.17, 15) is 9.59 Å². The van der Waals surface area contributed by atoms with E-state index in [1.807, 2.05) is 44.2 Å². The second kappa shape index (κ2) is 9.91. The summed E-state index contributed by atoms with van der Waals surface area (Å²) in [6.45, 7) is 11.8. The Hall–Kier alpha value is -2.10. The van der Waals surface area contributed by atoms with Gasteiger partial charge in [0.2, 0.25) is 0 Å². The van der Waals surface area contributed by atoms with Crippen molar-refractivity contribution in [1.82, 2.24) is 0 Å². The average molecular weight is 332 g/mol. The highest BCUT2D eigenvalue weighted by Gasteiger charge is 2.40. The normalized spacial score (nSPS) is 13.2. The zero-order valence-electron chi connectivity index (χ0n) is 15.1. The van der Waals surface area contributed by atoms with Crippen molar-refractivity contribution in [2.45, 2.75) is 40.0 Å². The number of rotatable bonds is 9. The van der Waals surface area contributed by atoms with Crippen molar-refractivity contribution in [2.75, 3.05) is 13.2 Å². The molecule has 0 saturated carbocycles. The van der Waals surface area contributed by atoms with Gasteiger partial charge >= 0.3 is 11.9 Å². The minimum Gasteiger partial charge on any atom is -0.465 e. The molecule has 0 aliphatic heterocycles. The first-order valence-corrected chi connectivity index (χ1v) is 8.44. The van der Waals surface area contributed by atoms with E-state index in [1.54, 1.807) is 13.8 Å². The Balaban J connectivity index is 3.22. The largest absolute Gasteiger partial charge is 0.465 e. The first-order valence-electron chi connectivity index (χ1n) is 8.44. The van der Waals surface area contributed by atoms with E-state index in [1.165, 1.54) is 0 Å². The van der Waals surface area contributed by atoms with Crippen molar-refractivity contribution in [3.63, 3.8) is 0 Å². The maximum atomic E-state index is 12.5. The molecule has 0 N–H and O–H groups in total. The summed E-state index contributed by atoms with van der Waals surface area (Å²) in [4.78, 5) is 24.9. The van der Waals surface area contributed by atoms with Gasteiger partial charge in [-0.3, -0.25) is 9.59 Å². The van der Waals surface area contributed by atoms with Gasteiger partial charge in [0.1, 0.15) is 0 Å². The number of carbonyl (C=O) groups excluding carboxylic acids is 2. The lowest BCUT2D eigenvalue weighted by molar-refractivity contribution is -0.164. The van der Waals surface area contributed by atoms with Gasteiger partial charge in [0.25, 0.3) is 0 Å². The minimum atomic E-state index is -0.947. The van der Waals surface area contributed by atoms with E-state index in [-0.39, 0.29) is 25.0 Å². The number of ether oxygens (including phenoxy) is 2. The predicted octanol–water partition coefficient (Wildman–Crippen LogP) is 4.11. The van der Waals surface area contributed by atoms with Crippen LogP contribution in [0.4, 0.5) is 0 Å². The molecule has 0 bridgehead atoms. The van der Waals surface area contributed by atoms with Crippen molar-refractivity contribution in [2.24, 2.45) is 11.8 Å². The van der Waals surface area contributed by atoms with Crippen LogP contribution in [0.1, 0.15) is 45.6 Å². The lowest BCUT2D eigenvalue weighted by atomic mass is 9.75. The molecule has 2 atom stereocenters. The standard InChI is InChI=1S/C20H28O4/c1-6-23-19(21)18(20(22)24-7-2)17(13-14(3)4)15(5)16-11-9-8-10-12-16/h8-12,15,17-18H,3,6-7,13H2,1-2,4-5H3/t15-,17-/m1/s1. The van der Waals surface area contributed by atoms with E-state index in [0.717, 1.165) is 11.1 Å². The molecule has 4 nitrogen and oxygen atoms in total. The maximum absolute atomic E-state index is 12.5.